The molecule has 0 saturated heterocycles. The van der Waals surface area contributed by atoms with Gasteiger partial charge in [0.15, 0.2) is 5.60 Å². The maximum Gasteiger partial charge on any atom is 0.350 e. The van der Waals surface area contributed by atoms with Crippen molar-refractivity contribution in [3.8, 4) is 5.75 Å². The van der Waals surface area contributed by atoms with Crippen molar-refractivity contribution >= 4 is 41.1 Å². The van der Waals surface area contributed by atoms with Gasteiger partial charge >= 0.3 is 5.97 Å². The van der Waals surface area contributed by atoms with Crippen molar-refractivity contribution in [3.05, 3.63) is 53.1 Å². The van der Waals surface area contributed by atoms with E-state index in [1.54, 1.807) is 13.8 Å². The quantitative estimate of drug-likeness (QED) is 0.199. The van der Waals surface area contributed by atoms with Crippen LogP contribution in [0.1, 0.15) is 59.1 Å². The van der Waals surface area contributed by atoms with E-state index in [-0.39, 0.29) is 21.5 Å². The van der Waals surface area contributed by atoms with E-state index in [0.29, 0.717) is 5.75 Å². The van der Waals surface area contributed by atoms with Gasteiger partial charge in [-0.3, -0.25) is 0 Å². The number of carbonyl (C=O) groups excluding carboxylic acids is 1. The summed E-state index contributed by atoms with van der Waals surface area (Å²) in [6.07, 6.45) is 7.21. The number of hydrogen-bond acceptors (Lipinski definition) is 5. The Balaban J connectivity index is 2.41. The summed E-state index contributed by atoms with van der Waals surface area (Å²) in [6.45, 7) is 13.7. The number of esters is 1. The van der Waals surface area contributed by atoms with Crippen molar-refractivity contribution in [2.45, 2.75) is 76.0 Å². The number of aryl methyl sites for hydroxylation is 1. The molecule has 1 unspecified atom stereocenters. The molecule has 0 spiro atoms. The Morgan fingerprint density at radius 2 is 1.87 bits per heavy atom. The van der Waals surface area contributed by atoms with Crippen LogP contribution in [0, 0.1) is 6.92 Å². The number of halogens is 1. The third-order valence-electron chi connectivity index (χ3n) is 4.88. The predicted octanol–water partition coefficient (Wildman–Crippen LogP) is 7.26. The molecule has 31 heavy (non-hydrogen) atoms. The molecule has 0 aliphatic heterocycles. The summed E-state index contributed by atoms with van der Waals surface area (Å²) in [6, 6.07) is 6.13. The zero-order valence-electron chi connectivity index (χ0n) is 19.7. The van der Waals surface area contributed by atoms with Crippen LogP contribution in [0.15, 0.2) is 42.0 Å². The lowest BCUT2D eigenvalue weighted by Gasteiger charge is -2.37. The number of alkyl halides is 1. The van der Waals surface area contributed by atoms with E-state index in [9.17, 15) is 4.79 Å². The van der Waals surface area contributed by atoms with Gasteiger partial charge < -0.3 is 9.47 Å². The number of ether oxygens (including phenoxy) is 2. The molecule has 0 bridgehead atoms. The molecule has 0 heterocycles. The smallest absolute Gasteiger partial charge is 0.350 e. The Morgan fingerprint density at radius 3 is 2.35 bits per heavy atom. The number of benzene rings is 1. The van der Waals surface area contributed by atoms with Gasteiger partial charge in [-0.1, -0.05) is 38.1 Å². The van der Waals surface area contributed by atoms with Gasteiger partial charge in [0, 0.05) is 0 Å². The van der Waals surface area contributed by atoms with Crippen LogP contribution < -0.4 is 4.74 Å². The van der Waals surface area contributed by atoms with Crippen LogP contribution >= 0.6 is 35.1 Å². The summed E-state index contributed by atoms with van der Waals surface area (Å²) < 4.78 is 11.2. The van der Waals surface area contributed by atoms with Crippen molar-refractivity contribution in [2.24, 2.45) is 0 Å². The second kappa shape index (κ2) is 11.2. The van der Waals surface area contributed by atoms with Crippen LogP contribution in [-0.2, 0) is 13.6 Å². The first kappa shape index (κ1) is 26.2. The molecule has 0 amide bonds. The van der Waals surface area contributed by atoms with Crippen LogP contribution in [0.4, 0.5) is 0 Å². The maximum absolute atomic E-state index is 12.4. The van der Waals surface area contributed by atoms with Gasteiger partial charge in [-0.15, -0.1) is 35.1 Å². The Kier molecular flexibility index (Phi) is 9.47. The van der Waals surface area contributed by atoms with Crippen molar-refractivity contribution in [1.82, 2.24) is 0 Å². The van der Waals surface area contributed by atoms with Gasteiger partial charge in [0.2, 0.25) is 0 Å². The molecular weight excluding hydrogens is 448 g/mol. The highest BCUT2D eigenvalue weighted by molar-refractivity contribution is 8.17. The van der Waals surface area contributed by atoms with E-state index in [2.05, 4.69) is 45.1 Å². The fourth-order valence-corrected chi connectivity index (χ4v) is 6.95. The average Bonchev–Trinajstić information content (AvgIpc) is 2.67. The highest BCUT2D eigenvalue weighted by Gasteiger charge is 2.38. The molecule has 0 N–H and O–H groups in total. The van der Waals surface area contributed by atoms with Crippen molar-refractivity contribution in [2.75, 3.05) is 11.5 Å². The molecule has 0 saturated carbocycles. The molecule has 1 aromatic carbocycles. The average molecular weight is 483 g/mol. The summed E-state index contributed by atoms with van der Waals surface area (Å²) in [7, 11) is 0. The fourth-order valence-electron chi connectivity index (χ4n) is 3.53. The molecule has 3 nitrogen and oxygen atoms in total. The van der Waals surface area contributed by atoms with Crippen LogP contribution in [0.3, 0.4) is 0 Å². The normalized spacial score (nSPS) is 16.9. The monoisotopic (exact) mass is 482 g/mol. The molecule has 1 atom stereocenters. The molecular formula is C25H35ClO3S2. The summed E-state index contributed by atoms with van der Waals surface area (Å²) >= 11 is 10.2. The minimum atomic E-state index is -1.06. The first-order valence-corrected chi connectivity index (χ1v) is 13.3. The van der Waals surface area contributed by atoms with Gasteiger partial charge in [0.05, 0.1) is 11.5 Å². The lowest BCUT2D eigenvalue weighted by Crippen LogP contribution is -2.40. The first-order chi connectivity index (χ1) is 14.6. The molecule has 1 aliphatic rings. The molecule has 0 radical (unpaired) electrons. The van der Waals surface area contributed by atoms with Crippen molar-refractivity contribution < 1.29 is 14.3 Å². The predicted molar refractivity (Wildman–Crippen MR) is 137 cm³/mol. The highest BCUT2D eigenvalue weighted by Crippen LogP contribution is 2.54. The minimum Gasteiger partial charge on any atom is -0.476 e. The Labute approximate surface area is 201 Å². The van der Waals surface area contributed by atoms with E-state index in [1.807, 2.05) is 49.5 Å². The summed E-state index contributed by atoms with van der Waals surface area (Å²) in [5.74, 6) is 2.29. The SMILES string of the molecule is CCSC(SCC)(C1=CCC(Cl)C=C1)c1ccc(OC(C)(C)C(=O)OC(C)C)cc1C. The van der Waals surface area contributed by atoms with Crippen LogP contribution in [0.25, 0.3) is 0 Å². The van der Waals surface area contributed by atoms with E-state index in [0.717, 1.165) is 23.5 Å². The van der Waals surface area contributed by atoms with E-state index < -0.39 is 5.60 Å². The Morgan fingerprint density at radius 1 is 1.23 bits per heavy atom. The Hall–Kier alpha value is -1.04. The first-order valence-electron chi connectivity index (χ1n) is 10.9. The molecule has 1 aliphatic carbocycles. The van der Waals surface area contributed by atoms with Crippen LogP contribution in [-0.4, -0.2) is 34.6 Å². The molecule has 172 valence electrons. The highest BCUT2D eigenvalue weighted by atomic mass is 35.5. The van der Waals surface area contributed by atoms with E-state index in [1.165, 1.54) is 11.1 Å². The largest absolute Gasteiger partial charge is 0.476 e. The zero-order valence-corrected chi connectivity index (χ0v) is 22.0. The minimum absolute atomic E-state index is 0.0596. The van der Waals surface area contributed by atoms with Crippen molar-refractivity contribution in [3.63, 3.8) is 0 Å². The van der Waals surface area contributed by atoms with Gasteiger partial charge in [-0.2, -0.15) is 0 Å². The van der Waals surface area contributed by atoms with Crippen molar-refractivity contribution in [1.29, 1.82) is 0 Å². The standard InChI is InChI=1S/C25H35ClO3S2/c1-8-30-25(31-9-2,19-10-12-20(26)13-11-19)22-15-14-21(16-18(22)5)29-24(6,7)23(27)28-17(3)4/h10-12,14-17,20H,8-9,13H2,1-7H3. The second-order valence-electron chi connectivity index (χ2n) is 8.30. The molecule has 1 aromatic rings. The fraction of sp³-hybridized carbons (Fsp3) is 0.560. The lowest BCUT2D eigenvalue weighted by atomic mass is 9.95. The number of thioether (sulfide) groups is 2. The van der Waals surface area contributed by atoms with E-state index in [4.69, 9.17) is 21.1 Å². The maximum atomic E-state index is 12.4. The summed E-state index contributed by atoms with van der Waals surface area (Å²) in [4.78, 5) is 12.4. The third-order valence-corrected chi connectivity index (χ3v) is 8.21. The molecule has 0 fully saturated rings. The number of hydrogen-bond donors (Lipinski definition) is 0. The molecule has 6 heteroatoms. The summed E-state index contributed by atoms with van der Waals surface area (Å²) in [5.41, 5.74) is 2.62. The third kappa shape index (κ3) is 6.49. The Bertz CT molecular complexity index is 824. The van der Waals surface area contributed by atoms with Crippen LogP contribution in [0.2, 0.25) is 0 Å². The molecule has 2 rings (SSSR count). The lowest BCUT2D eigenvalue weighted by molar-refractivity contribution is -0.163. The summed E-state index contributed by atoms with van der Waals surface area (Å²) in [5, 5.41) is 0.0596. The topological polar surface area (TPSA) is 35.5 Å². The van der Waals surface area contributed by atoms with Gasteiger partial charge in [-0.05, 0) is 81.4 Å². The molecule has 0 aromatic heterocycles. The number of carbonyl (C=O) groups is 1. The van der Waals surface area contributed by atoms with Gasteiger partial charge in [-0.25, -0.2) is 4.79 Å². The van der Waals surface area contributed by atoms with Gasteiger partial charge in [0.25, 0.3) is 0 Å². The zero-order chi connectivity index (χ0) is 23.2. The number of rotatable bonds is 10. The second-order valence-corrected chi connectivity index (χ2v) is 12.1. The van der Waals surface area contributed by atoms with Gasteiger partial charge in [0.1, 0.15) is 9.83 Å². The van der Waals surface area contributed by atoms with Crippen LogP contribution in [0.5, 0.6) is 5.75 Å². The number of allylic oxidation sites excluding steroid dienone is 3. The van der Waals surface area contributed by atoms with E-state index >= 15 is 0 Å².